The molecule has 0 spiro atoms. The molecule has 2 fully saturated rings. The van der Waals surface area contributed by atoms with E-state index in [4.69, 9.17) is 9.47 Å². The summed E-state index contributed by atoms with van der Waals surface area (Å²) < 4.78 is 10.6. The number of hydrogen-bond acceptors (Lipinski definition) is 6. The number of carbonyl (C=O) groups excluding carboxylic acids is 2. The van der Waals surface area contributed by atoms with Crippen LogP contribution in [0.15, 0.2) is 18.2 Å². The van der Waals surface area contributed by atoms with Crippen LogP contribution in [0.3, 0.4) is 0 Å². The molecule has 1 aromatic rings. The number of nitrogens with zero attached hydrogens (tertiary/aromatic N) is 3. The first-order chi connectivity index (χ1) is 12.5. The zero-order chi connectivity index (χ0) is 18.7. The first kappa shape index (κ1) is 18.7. The lowest BCUT2D eigenvalue weighted by molar-refractivity contribution is -0.139. The predicted molar refractivity (Wildman–Crippen MR) is 97.4 cm³/mol. The Hall–Kier alpha value is -2.12. The predicted octanol–water partition coefficient (Wildman–Crippen LogP) is 0.621. The van der Waals surface area contributed by atoms with E-state index in [9.17, 15) is 9.59 Å². The summed E-state index contributed by atoms with van der Waals surface area (Å²) >= 11 is 0. The topological polar surface area (TPSA) is 62.3 Å². The summed E-state index contributed by atoms with van der Waals surface area (Å²) in [4.78, 5) is 30.9. The molecule has 1 atom stereocenters. The summed E-state index contributed by atoms with van der Waals surface area (Å²) in [5, 5.41) is 0. The van der Waals surface area contributed by atoms with Gasteiger partial charge in [-0.05, 0) is 31.2 Å². The number of ether oxygens (including phenoxy) is 2. The number of amides is 2. The van der Waals surface area contributed by atoms with Crippen molar-refractivity contribution in [2.24, 2.45) is 0 Å². The molecule has 7 heteroatoms. The molecule has 2 aliphatic heterocycles. The van der Waals surface area contributed by atoms with E-state index in [2.05, 4.69) is 16.8 Å². The summed E-state index contributed by atoms with van der Waals surface area (Å²) in [5.74, 6) is 1.19. The minimum atomic E-state index is -0.290. The van der Waals surface area contributed by atoms with Crippen molar-refractivity contribution in [1.82, 2.24) is 14.7 Å². The third-order valence-corrected chi connectivity index (χ3v) is 5.27. The van der Waals surface area contributed by atoms with Crippen LogP contribution in [0, 0.1) is 0 Å². The first-order valence-corrected chi connectivity index (χ1v) is 9.01. The second-order valence-electron chi connectivity index (χ2n) is 6.88. The van der Waals surface area contributed by atoms with Gasteiger partial charge in [0.1, 0.15) is 0 Å². The van der Waals surface area contributed by atoms with Crippen molar-refractivity contribution in [2.75, 3.05) is 54.0 Å². The summed E-state index contributed by atoms with van der Waals surface area (Å²) in [6.45, 7) is 3.94. The number of piperazine rings is 1. The highest BCUT2D eigenvalue weighted by atomic mass is 16.5. The molecular weight excluding hydrogens is 334 g/mol. The van der Waals surface area contributed by atoms with Gasteiger partial charge < -0.3 is 14.4 Å². The number of imide groups is 1. The molecule has 2 saturated heterocycles. The van der Waals surface area contributed by atoms with Gasteiger partial charge in [0, 0.05) is 32.7 Å². The first-order valence-electron chi connectivity index (χ1n) is 9.01. The number of rotatable bonds is 6. The molecule has 0 unspecified atom stereocenters. The van der Waals surface area contributed by atoms with Gasteiger partial charge in [0.25, 0.3) is 0 Å². The molecule has 26 heavy (non-hydrogen) atoms. The minimum absolute atomic E-state index is 0.0555. The molecule has 0 bridgehead atoms. The largest absolute Gasteiger partial charge is 0.493 e. The molecule has 2 amide bonds. The summed E-state index contributed by atoms with van der Waals surface area (Å²) in [7, 11) is 5.27. The molecule has 0 aliphatic carbocycles. The number of benzene rings is 1. The van der Waals surface area contributed by atoms with Crippen LogP contribution in [0.25, 0.3) is 0 Å². The molecule has 2 heterocycles. The van der Waals surface area contributed by atoms with Gasteiger partial charge in [-0.15, -0.1) is 0 Å². The Bertz CT molecular complexity index is 671. The van der Waals surface area contributed by atoms with E-state index in [-0.39, 0.29) is 17.9 Å². The van der Waals surface area contributed by atoms with Gasteiger partial charge in [0.2, 0.25) is 11.8 Å². The lowest BCUT2D eigenvalue weighted by Crippen LogP contribution is -2.51. The van der Waals surface area contributed by atoms with Crippen LogP contribution in [0.1, 0.15) is 12.0 Å². The maximum atomic E-state index is 12.7. The van der Waals surface area contributed by atoms with Gasteiger partial charge in [-0.1, -0.05) is 6.07 Å². The fourth-order valence-corrected chi connectivity index (χ4v) is 3.60. The van der Waals surface area contributed by atoms with E-state index in [1.165, 1.54) is 4.90 Å². The van der Waals surface area contributed by atoms with Gasteiger partial charge >= 0.3 is 0 Å². The molecule has 142 valence electrons. The SMILES string of the molecule is COc1ccc(CCN2C(=O)C[C@H](N3CCN(C)CC3)C2=O)cc1OC. The Morgan fingerprint density at radius 1 is 1.04 bits per heavy atom. The van der Waals surface area contributed by atoms with Crippen LogP contribution in [0.4, 0.5) is 0 Å². The minimum Gasteiger partial charge on any atom is -0.493 e. The Morgan fingerprint density at radius 2 is 1.73 bits per heavy atom. The lowest BCUT2D eigenvalue weighted by atomic mass is 10.1. The Labute approximate surface area is 154 Å². The molecule has 0 aromatic heterocycles. The summed E-state index contributed by atoms with van der Waals surface area (Å²) in [6, 6.07) is 5.38. The zero-order valence-corrected chi connectivity index (χ0v) is 15.7. The maximum absolute atomic E-state index is 12.7. The van der Waals surface area contributed by atoms with Gasteiger partial charge in [0.15, 0.2) is 11.5 Å². The molecule has 3 rings (SSSR count). The van der Waals surface area contributed by atoms with Crippen molar-refractivity contribution in [2.45, 2.75) is 18.9 Å². The standard InChI is InChI=1S/C19H27N3O4/c1-20-8-10-21(11-9-20)15-13-18(23)22(19(15)24)7-6-14-4-5-16(25-2)17(12-14)26-3/h4-5,12,15H,6-11,13H2,1-3H3/t15-/m0/s1. The van der Waals surface area contributed by atoms with Crippen molar-refractivity contribution >= 4 is 11.8 Å². The highest BCUT2D eigenvalue weighted by Crippen LogP contribution is 2.28. The normalized spacial score (nSPS) is 22.1. The van der Waals surface area contributed by atoms with E-state index in [0.717, 1.165) is 31.7 Å². The Morgan fingerprint density at radius 3 is 2.38 bits per heavy atom. The molecule has 2 aliphatic rings. The smallest absolute Gasteiger partial charge is 0.247 e. The maximum Gasteiger partial charge on any atom is 0.247 e. The molecule has 0 saturated carbocycles. The van der Waals surface area contributed by atoms with Crippen molar-refractivity contribution < 1.29 is 19.1 Å². The lowest BCUT2D eigenvalue weighted by Gasteiger charge is -2.35. The van der Waals surface area contributed by atoms with E-state index in [1.807, 2.05) is 18.2 Å². The molecule has 0 N–H and O–H groups in total. The van der Waals surface area contributed by atoms with Gasteiger partial charge in [0.05, 0.1) is 26.7 Å². The number of likely N-dealkylation sites (N-methyl/N-ethyl adjacent to an activating group) is 1. The van der Waals surface area contributed by atoms with Gasteiger partial charge in [-0.3, -0.25) is 19.4 Å². The fourth-order valence-electron chi connectivity index (χ4n) is 3.60. The Kier molecular flexibility index (Phi) is 5.78. The number of hydrogen-bond donors (Lipinski definition) is 0. The highest BCUT2D eigenvalue weighted by Gasteiger charge is 2.42. The van der Waals surface area contributed by atoms with Crippen LogP contribution >= 0.6 is 0 Å². The number of likely N-dealkylation sites (tertiary alicyclic amines) is 1. The average molecular weight is 361 g/mol. The molecular formula is C19H27N3O4. The average Bonchev–Trinajstić information content (AvgIpc) is 2.94. The second-order valence-corrected chi connectivity index (χ2v) is 6.88. The van der Waals surface area contributed by atoms with Crippen molar-refractivity contribution in [3.8, 4) is 11.5 Å². The van der Waals surface area contributed by atoms with Crippen LogP contribution < -0.4 is 9.47 Å². The van der Waals surface area contributed by atoms with Gasteiger partial charge in [-0.25, -0.2) is 0 Å². The van der Waals surface area contributed by atoms with Crippen LogP contribution in [0.5, 0.6) is 11.5 Å². The summed E-state index contributed by atoms with van der Waals surface area (Å²) in [5.41, 5.74) is 1.01. The monoisotopic (exact) mass is 361 g/mol. The number of carbonyl (C=O) groups is 2. The third kappa shape index (κ3) is 3.83. The zero-order valence-electron chi connectivity index (χ0n) is 15.7. The van der Waals surface area contributed by atoms with E-state index < -0.39 is 0 Å². The van der Waals surface area contributed by atoms with Crippen LogP contribution in [-0.4, -0.2) is 86.5 Å². The quantitative estimate of drug-likeness (QED) is 0.693. The van der Waals surface area contributed by atoms with Crippen LogP contribution in [0.2, 0.25) is 0 Å². The number of methoxy groups -OCH3 is 2. The van der Waals surface area contributed by atoms with Crippen molar-refractivity contribution in [3.63, 3.8) is 0 Å². The van der Waals surface area contributed by atoms with Crippen LogP contribution in [-0.2, 0) is 16.0 Å². The molecule has 1 aromatic carbocycles. The second kappa shape index (κ2) is 8.05. The summed E-state index contributed by atoms with van der Waals surface area (Å²) in [6.07, 6.45) is 0.905. The van der Waals surface area contributed by atoms with E-state index in [1.54, 1.807) is 14.2 Å². The Balaban J connectivity index is 1.61. The van der Waals surface area contributed by atoms with Gasteiger partial charge in [-0.2, -0.15) is 0 Å². The molecule has 7 nitrogen and oxygen atoms in total. The highest BCUT2D eigenvalue weighted by molar-refractivity contribution is 6.05. The third-order valence-electron chi connectivity index (χ3n) is 5.27. The van der Waals surface area contributed by atoms with Crippen molar-refractivity contribution in [1.29, 1.82) is 0 Å². The van der Waals surface area contributed by atoms with E-state index >= 15 is 0 Å². The molecule has 0 radical (unpaired) electrons. The van der Waals surface area contributed by atoms with E-state index in [0.29, 0.717) is 30.9 Å². The van der Waals surface area contributed by atoms with Crippen molar-refractivity contribution in [3.05, 3.63) is 23.8 Å². The fraction of sp³-hybridized carbons (Fsp3) is 0.579.